The van der Waals surface area contributed by atoms with E-state index in [4.69, 9.17) is 19.0 Å². The molecule has 8 nitrogen and oxygen atoms in total. The topological polar surface area (TPSA) is 110 Å². The number of ether oxygens (including phenoxy) is 2. The molecule has 2 aromatic carbocycles. The summed E-state index contributed by atoms with van der Waals surface area (Å²) in [6.45, 7) is 1.01. The van der Waals surface area contributed by atoms with Crippen molar-refractivity contribution in [2.24, 2.45) is 5.10 Å². The number of nitrogens with zero attached hydrogens (tertiary/aromatic N) is 1. The maximum atomic E-state index is 12.1. The Kier molecular flexibility index (Phi) is 5.47. The van der Waals surface area contributed by atoms with Crippen LogP contribution in [-0.4, -0.2) is 36.4 Å². The van der Waals surface area contributed by atoms with Gasteiger partial charge in [0.05, 0.1) is 18.2 Å². The van der Waals surface area contributed by atoms with Gasteiger partial charge in [-0.1, -0.05) is 18.2 Å². The van der Waals surface area contributed by atoms with E-state index in [0.717, 1.165) is 11.1 Å². The second-order valence-electron chi connectivity index (χ2n) is 6.53. The number of carboxylic acid groups (broad SMARTS) is 1. The fraction of sp³-hybridized carbons (Fsp3) is 0.136. The van der Waals surface area contributed by atoms with Crippen molar-refractivity contribution in [3.05, 3.63) is 71.5 Å². The van der Waals surface area contributed by atoms with Gasteiger partial charge in [0.1, 0.15) is 24.7 Å². The van der Waals surface area contributed by atoms with Crippen LogP contribution < -0.4 is 14.9 Å². The molecule has 0 saturated carbocycles. The Labute approximate surface area is 171 Å². The highest BCUT2D eigenvalue weighted by molar-refractivity contribution is 5.88. The molecule has 1 aliphatic rings. The van der Waals surface area contributed by atoms with Crippen LogP contribution in [-0.2, 0) is 11.2 Å². The third-order valence-electron chi connectivity index (χ3n) is 4.40. The third kappa shape index (κ3) is 4.49. The van der Waals surface area contributed by atoms with Gasteiger partial charge >= 0.3 is 5.97 Å². The fourth-order valence-corrected chi connectivity index (χ4v) is 2.94. The number of nitrogens with one attached hydrogen (secondary N) is 1. The van der Waals surface area contributed by atoms with Gasteiger partial charge in [-0.15, -0.1) is 0 Å². The van der Waals surface area contributed by atoms with Crippen molar-refractivity contribution < 1.29 is 28.6 Å². The summed E-state index contributed by atoms with van der Waals surface area (Å²) in [6, 6.07) is 15.2. The number of hydrogen-bond donors (Lipinski definition) is 2. The molecule has 0 bridgehead atoms. The van der Waals surface area contributed by atoms with Gasteiger partial charge in [-0.05, 0) is 42.0 Å². The third-order valence-corrected chi connectivity index (χ3v) is 4.40. The molecule has 4 rings (SSSR count). The summed E-state index contributed by atoms with van der Waals surface area (Å²) >= 11 is 0. The first-order valence-electron chi connectivity index (χ1n) is 9.22. The molecular weight excluding hydrogens is 388 g/mol. The Morgan fingerprint density at radius 3 is 2.53 bits per heavy atom. The molecule has 1 aromatic heterocycles. The first kappa shape index (κ1) is 19.3. The van der Waals surface area contributed by atoms with Gasteiger partial charge in [-0.3, -0.25) is 4.79 Å². The highest BCUT2D eigenvalue weighted by Crippen LogP contribution is 2.30. The van der Waals surface area contributed by atoms with Gasteiger partial charge in [-0.2, -0.15) is 5.10 Å². The maximum Gasteiger partial charge on any atom is 0.335 e. The van der Waals surface area contributed by atoms with Crippen LogP contribution in [0.2, 0.25) is 0 Å². The van der Waals surface area contributed by atoms with Crippen LogP contribution in [0.15, 0.2) is 64.1 Å². The minimum absolute atomic E-state index is 0.146. The molecule has 0 radical (unpaired) electrons. The Bertz CT molecular complexity index is 1100. The van der Waals surface area contributed by atoms with Crippen LogP contribution in [0.3, 0.4) is 0 Å². The number of furan rings is 1. The normalized spacial score (nSPS) is 12.7. The highest BCUT2D eigenvalue weighted by Gasteiger charge is 2.13. The molecular formula is C22H18N2O6. The van der Waals surface area contributed by atoms with Crippen molar-refractivity contribution in [3.8, 4) is 22.8 Å². The van der Waals surface area contributed by atoms with Crippen molar-refractivity contribution in [1.29, 1.82) is 0 Å². The molecule has 2 N–H and O–H groups in total. The number of amides is 1. The molecule has 152 valence electrons. The lowest BCUT2D eigenvalue weighted by atomic mass is 10.1. The van der Waals surface area contributed by atoms with Crippen LogP contribution in [0.4, 0.5) is 0 Å². The molecule has 0 fully saturated rings. The number of benzene rings is 2. The van der Waals surface area contributed by atoms with Crippen LogP contribution in [0, 0.1) is 0 Å². The second-order valence-corrected chi connectivity index (χ2v) is 6.53. The first-order chi connectivity index (χ1) is 14.6. The lowest BCUT2D eigenvalue weighted by Crippen LogP contribution is -2.20. The van der Waals surface area contributed by atoms with E-state index < -0.39 is 5.97 Å². The number of rotatable bonds is 6. The average Bonchev–Trinajstić information content (AvgIpc) is 3.22. The van der Waals surface area contributed by atoms with Crippen molar-refractivity contribution >= 4 is 18.1 Å². The van der Waals surface area contributed by atoms with Crippen LogP contribution in [0.1, 0.15) is 21.7 Å². The predicted octanol–water partition coefficient (Wildman–Crippen LogP) is 3.11. The molecule has 0 saturated heterocycles. The van der Waals surface area contributed by atoms with E-state index in [1.54, 1.807) is 36.4 Å². The molecule has 0 atom stereocenters. The van der Waals surface area contributed by atoms with E-state index in [9.17, 15) is 9.59 Å². The summed E-state index contributed by atoms with van der Waals surface area (Å²) in [5.74, 6) is 1.06. The Balaban J connectivity index is 1.33. The number of hydrazone groups is 1. The summed E-state index contributed by atoms with van der Waals surface area (Å²) in [7, 11) is 0. The molecule has 2 heterocycles. The summed E-state index contributed by atoms with van der Waals surface area (Å²) in [5, 5.41) is 12.9. The second kappa shape index (κ2) is 8.52. The van der Waals surface area contributed by atoms with Crippen molar-refractivity contribution in [2.45, 2.75) is 6.42 Å². The summed E-state index contributed by atoms with van der Waals surface area (Å²) < 4.78 is 16.6. The lowest BCUT2D eigenvalue weighted by Gasteiger charge is -2.18. The number of aromatic carboxylic acids is 1. The van der Waals surface area contributed by atoms with Crippen LogP contribution >= 0.6 is 0 Å². The first-order valence-corrected chi connectivity index (χ1v) is 9.22. The molecule has 1 aliphatic heterocycles. The van der Waals surface area contributed by atoms with Gasteiger partial charge in [0, 0.05) is 5.56 Å². The molecule has 1 amide bonds. The van der Waals surface area contributed by atoms with E-state index in [1.807, 2.05) is 6.07 Å². The van der Waals surface area contributed by atoms with Gasteiger partial charge in [0.15, 0.2) is 11.5 Å². The smallest absolute Gasteiger partial charge is 0.335 e. The molecule has 30 heavy (non-hydrogen) atoms. The lowest BCUT2D eigenvalue weighted by molar-refractivity contribution is -0.120. The summed E-state index contributed by atoms with van der Waals surface area (Å²) in [4.78, 5) is 23.0. The van der Waals surface area contributed by atoms with Crippen molar-refractivity contribution in [1.82, 2.24) is 5.43 Å². The number of carboxylic acids is 1. The average molecular weight is 406 g/mol. The van der Waals surface area contributed by atoms with Gasteiger partial charge in [0.25, 0.3) is 0 Å². The van der Waals surface area contributed by atoms with E-state index in [-0.39, 0.29) is 17.9 Å². The molecule has 8 heteroatoms. The predicted molar refractivity (Wildman–Crippen MR) is 108 cm³/mol. The zero-order chi connectivity index (χ0) is 20.9. The standard InChI is InChI=1S/C22H18N2O6/c25-21(12-14-1-7-19-20(11-14)29-10-9-28-19)24-23-13-17-6-8-18(30-17)15-2-4-16(5-3-15)22(26)27/h1-8,11,13H,9-10,12H2,(H,24,25)(H,26,27). The van der Waals surface area contributed by atoms with Gasteiger partial charge in [0.2, 0.25) is 5.91 Å². The number of carbonyl (C=O) groups excluding carboxylic acids is 1. The maximum absolute atomic E-state index is 12.1. The van der Waals surface area contributed by atoms with Gasteiger partial charge < -0.3 is 19.0 Å². The Morgan fingerprint density at radius 1 is 1.00 bits per heavy atom. The quantitative estimate of drug-likeness (QED) is 0.481. The van der Waals surface area contributed by atoms with E-state index in [0.29, 0.717) is 36.2 Å². The Hall–Kier alpha value is -4.07. The Morgan fingerprint density at radius 2 is 1.77 bits per heavy atom. The van der Waals surface area contributed by atoms with E-state index in [1.165, 1.54) is 18.3 Å². The fourth-order valence-electron chi connectivity index (χ4n) is 2.94. The number of carbonyl (C=O) groups is 2. The van der Waals surface area contributed by atoms with Crippen molar-refractivity contribution in [2.75, 3.05) is 13.2 Å². The molecule has 0 spiro atoms. The molecule has 0 aliphatic carbocycles. The number of hydrogen-bond acceptors (Lipinski definition) is 6. The van der Waals surface area contributed by atoms with E-state index in [2.05, 4.69) is 10.5 Å². The van der Waals surface area contributed by atoms with Crippen LogP contribution in [0.5, 0.6) is 11.5 Å². The monoisotopic (exact) mass is 406 g/mol. The summed E-state index contributed by atoms with van der Waals surface area (Å²) in [5.41, 5.74) is 4.19. The molecule has 3 aromatic rings. The van der Waals surface area contributed by atoms with E-state index >= 15 is 0 Å². The number of fused-ring (bicyclic) bond motifs is 1. The SMILES string of the molecule is O=C(Cc1ccc2c(c1)OCCO2)NN=Cc1ccc(-c2ccc(C(=O)O)cc2)o1. The zero-order valence-corrected chi connectivity index (χ0v) is 15.8. The van der Waals surface area contributed by atoms with Gasteiger partial charge in [-0.25, -0.2) is 10.2 Å². The summed E-state index contributed by atoms with van der Waals surface area (Å²) in [6.07, 6.45) is 1.55. The minimum Gasteiger partial charge on any atom is -0.486 e. The largest absolute Gasteiger partial charge is 0.486 e. The highest BCUT2D eigenvalue weighted by atomic mass is 16.6. The van der Waals surface area contributed by atoms with Crippen LogP contribution in [0.25, 0.3) is 11.3 Å². The zero-order valence-electron chi connectivity index (χ0n) is 15.8. The minimum atomic E-state index is -0.985. The van der Waals surface area contributed by atoms with Crippen molar-refractivity contribution in [3.63, 3.8) is 0 Å². The molecule has 0 unspecified atom stereocenters.